The summed E-state index contributed by atoms with van der Waals surface area (Å²) in [4.78, 5) is 18.9. The maximum atomic E-state index is 10.8. The van der Waals surface area contributed by atoms with Crippen molar-refractivity contribution in [1.29, 1.82) is 0 Å². The Balaban J connectivity index is 1.77. The number of halogens is 1. The average molecular weight is 328 g/mol. The van der Waals surface area contributed by atoms with E-state index in [0.717, 1.165) is 11.0 Å². The van der Waals surface area contributed by atoms with Gasteiger partial charge in [-0.3, -0.25) is 20.5 Å². The van der Waals surface area contributed by atoms with E-state index < -0.39 is 4.92 Å². The van der Waals surface area contributed by atoms with Gasteiger partial charge in [-0.15, -0.1) is 0 Å². The summed E-state index contributed by atoms with van der Waals surface area (Å²) >= 11 is 5.76. The molecule has 0 fully saturated rings. The molecule has 8 heteroatoms. The largest absolute Gasteiger partial charge is 0.288 e. The predicted molar refractivity (Wildman–Crippen MR) is 88.9 cm³/mol. The number of hydrazone groups is 1. The van der Waals surface area contributed by atoms with Crippen molar-refractivity contribution < 1.29 is 4.92 Å². The second-order valence-electron chi connectivity index (χ2n) is 4.58. The molecule has 0 bridgehead atoms. The molecule has 23 heavy (non-hydrogen) atoms. The minimum atomic E-state index is -0.540. The lowest BCUT2D eigenvalue weighted by molar-refractivity contribution is -0.384. The lowest BCUT2D eigenvalue weighted by Crippen LogP contribution is -1.96. The molecule has 1 heterocycles. The van der Waals surface area contributed by atoms with Gasteiger partial charge in [-0.25, -0.2) is 4.98 Å². The molecule has 0 radical (unpaired) electrons. The first-order valence-electron chi connectivity index (χ1n) is 6.58. The summed E-state index contributed by atoms with van der Waals surface area (Å²) in [7, 11) is 0. The molecule has 0 spiro atoms. The number of hydrogen-bond acceptors (Lipinski definition) is 6. The van der Waals surface area contributed by atoms with E-state index >= 15 is 0 Å². The van der Waals surface area contributed by atoms with Gasteiger partial charge in [0.1, 0.15) is 5.02 Å². The van der Waals surface area contributed by atoms with Crippen LogP contribution in [0.25, 0.3) is 11.0 Å². The van der Waals surface area contributed by atoms with Crippen LogP contribution in [-0.4, -0.2) is 21.1 Å². The molecule has 2 aromatic carbocycles. The Morgan fingerprint density at radius 1 is 1.22 bits per heavy atom. The van der Waals surface area contributed by atoms with Crippen LogP contribution in [0.2, 0.25) is 5.02 Å². The molecule has 0 aliphatic rings. The van der Waals surface area contributed by atoms with E-state index in [-0.39, 0.29) is 10.7 Å². The molecule has 3 rings (SSSR count). The fraction of sp³-hybridized carbons (Fsp3) is 0. The van der Waals surface area contributed by atoms with Crippen LogP contribution >= 0.6 is 11.6 Å². The minimum absolute atomic E-state index is 0.0838. The van der Waals surface area contributed by atoms with E-state index in [1.165, 1.54) is 18.3 Å². The third-order valence-corrected chi connectivity index (χ3v) is 3.33. The molecule has 0 aliphatic heterocycles. The lowest BCUT2D eigenvalue weighted by Gasteiger charge is -2.01. The Labute approximate surface area is 135 Å². The van der Waals surface area contributed by atoms with Crippen molar-refractivity contribution in [2.75, 3.05) is 5.43 Å². The van der Waals surface area contributed by atoms with Crippen LogP contribution in [-0.2, 0) is 0 Å². The Morgan fingerprint density at radius 3 is 2.78 bits per heavy atom. The van der Waals surface area contributed by atoms with Gasteiger partial charge >= 0.3 is 0 Å². The highest BCUT2D eigenvalue weighted by Gasteiger charge is 2.11. The summed E-state index contributed by atoms with van der Waals surface area (Å²) in [6.07, 6.45) is 3.00. The van der Waals surface area contributed by atoms with Gasteiger partial charge < -0.3 is 0 Å². The summed E-state index contributed by atoms with van der Waals surface area (Å²) in [5.41, 5.74) is 4.65. The van der Waals surface area contributed by atoms with Crippen molar-refractivity contribution in [1.82, 2.24) is 9.97 Å². The number of hydrogen-bond donors (Lipinski definition) is 1. The van der Waals surface area contributed by atoms with Crippen LogP contribution in [0, 0.1) is 10.1 Å². The van der Waals surface area contributed by atoms with Gasteiger partial charge in [0.25, 0.3) is 5.69 Å². The van der Waals surface area contributed by atoms with Crippen LogP contribution in [0.3, 0.4) is 0 Å². The SMILES string of the molecule is O=[N+]([O-])c1cc(/C=N/Nc2cnc3ccccc3n2)ccc1Cl. The molecule has 1 N–H and O–H groups in total. The Hall–Kier alpha value is -3.06. The number of nitrogens with zero attached hydrogens (tertiary/aromatic N) is 4. The molecule has 3 aromatic rings. The normalized spacial score (nSPS) is 11.0. The van der Waals surface area contributed by atoms with Crippen molar-refractivity contribution in [3.8, 4) is 0 Å². The van der Waals surface area contributed by atoms with Crippen molar-refractivity contribution in [2.45, 2.75) is 0 Å². The second-order valence-corrected chi connectivity index (χ2v) is 4.99. The number of nitro groups is 1. The quantitative estimate of drug-likeness (QED) is 0.448. The van der Waals surface area contributed by atoms with E-state index in [2.05, 4.69) is 20.5 Å². The maximum Gasteiger partial charge on any atom is 0.288 e. The number of aromatic nitrogens is 2. The zero-order valence-electron chi connectivity index (χ0n) is 11.7. The van der Waals surface area contributed by atoms with Gasteiger partial charge in [0.05, 0.1) is 28.4 Å². The molecular weight excluding hydrogens is 318 g/mol. The monoisotopic (exact) mass is 327 g/mol. The highest BCUT2D eigenvalue weighted by Crippen LogP contribution is 2.24. The highest BCUT2D eigenvalue weighted by atomic mass is 35.5. The number of para-hydroxylation sites is 2. The summed E-state index contributed by atoms with van der Waals surface area (Å²) in [6, 6.07) is 11.9. The molecule has 0 amide bonds. The zero-order chi connectivity index (χ0) is 16.2. The fourth-order valence-corrected chi connectivity index (χ4v) is 2.12. The maximum absolute atomic E-state index is 10.8. The van der Waals surface area contributed by atoms with Gasteiger partial charge in [0, 0.05) is 11.6 Å². The lowest BCUT2D eigenvalue weighted by atomic mass is 10.2. The van der Waals surface area contributed by atoms with Gasteiger partial charge in [-0.1, -0.05) is 29.8 Å². The van der Waals surface area contributed by atoms with Crippen LogP contribution < -0.4 is 5.43 Å². The number of rotatable bonds is 4. The number of nitro benzene ring substituents is 1. The average Bonchev–Trinajstić information content (AvgIpc) is 2.56. The van der Waals surface area contributed by atoms with E-state index in [1.807, 2.05) is 24.3 Å². The van der Waals surface area contributed by atoms with E-state index in [1.54, 1.807) is 12.3 Å². The standard InChI is InChI=1S/C15H10ClN5O2/c16-11-6-5-10(7-14(11)21(22)23)8-18-20-15-9-17-12-3-1-2-4-13(12)19-15/h1-9H,(H,19,20)/b18-8+. The highest BCUT2D eigenvalue weighted by molar-refractivity contribution is 6.32. The number of benzene rings is 2. The Morgan fingerprint density at radius 2 is 2.00 bits per heavy atom. The van der Waals surface area contributed by atoms with Crippen molar-refractivity contribution in [2.24, 2.45) is 5.10 Å². The molecule has 0 atom stereocenters. The first-order chi connectivity index (χ1) is 11.1. The number of fused-ring (bicyclic) bond motifs is 1. The molecular formula is C15H10ClN5O2. The third kappa shape index (κ3) is 3.41. The zero-order valence-corrected chi connectivity index (χ0v) is 12.4. The first kappa shape index (κ1) is 14.9. The fourth-order valence-electron chi connectivity index (χ4n) is 1.93. The number of anilines is 1. The van der Waals surface area contributed by atoms with Crippen molar-refractivity contribution in [3.63, 3.8) is 0 Å². The molecule has 1 aromatic heterocycles. The molecule has 114 valence electrons. The van der Waals surface area contributed by atoms with Crippen LogP contribution in [0.5, 0.6) is 0 Å². The van der Waals surface area contributed by atoms with Crippen LogP contribution in [0.15, 0.2) is 53.8 Å². The summed E-state index contributed by atoms with van der Waals surface area (Å²) in [6.45, 7) is 0. The molecule has 0 saturated carbocycles. The molecule has 0 saturated heterocycles. The van der Waals surface area contributed by atoms with Gasteiger partial charge in [-0.05, 0) is 18.2 Å². The molecule has 0 unspecified atom stereocenters. The van der Waals surface area contributed by atoms with Crippen molar-refractivity contribution in [3.05, 3.63) is 69.4 Å². The van der Waals surface area contributed by atoms with Gasteiger partial charge in [-0.2, -0.15) is 5.10 Å². The van der Waals surface area contributed by atoms with Gasteiger partial charge in [0.2, 0.25) is 0 Å². The van der Waals surface area contributed by atoms with E-state index in [0.29, 0.717) is 11.4 Å². The summed E-state index contributed by atoms with van der Waals surface area (Å²) < 4.78 is 0. The Kier molecular flexibility index (Phi) is 4.11. The summed E-state index contributed by atoms with van der Waals surface area (Å²) in [5, 5.41) is 14.9. The topological polar surface area (TPSA) is 93.3 Å². The minimum Gasteiger partial charge on any atom is -0.260 e. The smallest absolute Gasteiger partial charge is 0.260 e. The van der Waals surface area contributed by atoms with E-state index in [9.17, 15) is 10.1 Å². The Bertz CT molecular complexity index is 913. The second kappa shape index (κ2) is 6.37. The third-order valence-electron chi connectivity index (χ3n) is 3.01. The number of nitrogens with one attached hydrogen (secondary N) is 1. The van der Waals surface area contributed by atoms with Gasteiger partial charge in [0.15, 0.2) is 5.82 Å². The van der Waals surface area contributed by atoms with E-state index in [4.69, 9.17) is 11.6 Å². The molecule has 0 aliphatic carbocycles. The predicted octanol–water partition coefficient (Wildman–Crippen LogP) is 3.64. The molecule has 7 nitrogen and oxygen atoms in total. The van der Waals surface area contributed by atoms with Crippen LogP contribution in [0.4, 0.5) is 11.5 Å². The van der Waals surface area contributed by atoms with Crippen molar-refractivity contribution >= 4 is 40.4 Å². The summed E-state index contributed by atoms with van der Waals surface area (Å²) in [5.74, 6) is 0.475. The first-order valence-corrected chi connectivity index (χ1v) is 6.96. The van der Waals surface area contributed by atoms with Crippen LogP contribution in [0.1, 0.15) is 5.56 Å².